The molecule has 3 nitrogen and oxygen atoms in total. The van der Waals surface area contributed by atoms with Gasteiger partial charge < -0.3 is 4.90 Å². The second-order valence-corrected chi connectivity index (χ2v) is 7.39. The second kappa shape index (κ2) is 8.41. The highest BCUT2D eigenvalue weighted by Crippen LogP contribution is 2.23. The van der Waals surface area contributed by atoms with Crippen LogP contribution in [0.1, 0.15) is 15.9 Å². The summed E-state index contributed by atoms with van der Waals surface area (Å²) in [5.41, 5.74) is 1.86. The van der Waals surface area contributed by atoms with Crippen molar-refractivity contribution in [3.05, 3.63) is 68.7 Å². The molecule has 0 N–H and O–H groups in total. The van der Waals surface area contributed by atoms with E-state index in [9.17, 15) is 4.79 Å². The predicted molar refractivity (Wildman–Crippen MR) is 104 cm³/mol. The lowest BCUT2D eigenvalue weighted by Crippen LogP contribution is -2.49. The van der Waals surface area contributed by atoms with E-state index in [4.69, 9.17) is 34.8 Å². The number of halogens is 3. The third-order valence-corrected chi connectivity index (χ3v) is 5.45. The van der Waals surface area contributed by atoms with Crippen LogP contribution in [0.25, 0.3) is 0 Å². The van der Waals surface area contributed by atoms with Crippen molar-refractivity contribution in [1.82, 2.24) is 9.80 Å². The van der Waals surface area contributed by atoms with Gasteiger partial charge in [-0.3, -0.25) is 9.69 Å². The lowest BCUT2D eigenvalue weighted by Gasteiger charge is -2.34. The first kappa shape index (κ1) is 18.5. The molecule has 1 fully saturated rings. The summed E-state index contributed by atoms with van der Waals surface area (Å²) in [5.74, 6) is 0.0101. The van der Waals surface area contributed by atoms with Crippen LogP contribution in [0.5, 0.6) is 0 Å². The molecule has 0 bridgehead atoms. The van der Waals surface area contributed by atoms with Gasteiger partial charge in [0.2, 0.25) is 0 Å². The number of carbonyl (C=O) groups is 1. The molecule has 1 amide bonds. The molecular formula is C19H19Cl3N2O. The lowest BCUT2D eigenvalue weighted by molar-refractivity contribution is 0.0638. The van der Waals surface area contributed by atoms with Crippen LogP contribution < -0.4 is 0 Å². The molecule has 6 heteroatoms. The molecule has 25 heavy (non-hydrogen) atoms. The Bertz CT molecular complexity index is 741. The molecular weight excluding hydrogens is 379 g/mol. The Balaban J connectivity index is 1.50. The minimum absolute atomic E-state index is 0.0101. The highest BCUT2D eigenvalue weighted by atomic mass is 35.5. The van der Waals surface area contributed by atoms with Crippen LogP contribution >= 0.6 is 34.8 Å². The van der Waals surface area contributed by atoms with Crippen LogP contribution in [-0.4, -0.2) is 48.4 Å². The van der Waals surface area contributed by atoms with Crippen molar-refractivity contribution < 1.29 is 4.79 Å². The largest absolute Gasteiger partial charge is 0.336 e. The van der Waals surface area contributed by atoms with Crippen LogP contribution in [0.3, 0.4) is 0 Å². The average molecular weight is 398 g/mol. The van der Waals surface area contributed by atoms with Gasteiger partial charge in [0.25, 0.3) is 5.91 Å². The molecule has 3 rings (SSSR count). The zero-order chi connectivity index (χ0) is 17.8. The van der Waals surface area contributed by atoms with E-state index in [0.29, 0.717) is 15.6 Å². The molecule has 132 valence electrons. The van der Waals surface area contributed by atoms with E-state index < -0.39 is 0 Å². The number of hydrogen-bond donors (Lipinski definition) is 0. The highest BCUT2D eigenvalue weighted by molar-refractivity contribution is 6.42. The first-order valence-electron chi connectivity index (χ1n) is 8.24. The van der Waals surface area contributed by atoms with E-state index in [-0.39, 0.29) is 5.91 Å². The van der Waals surface area contributed by atoms with Gasteiger partial charge in [-0.15, -0.1) is 0 Å². The molecule has 0 saturated carbocycles. The standard InChI is InChI=1S/C19H19Cl3N2O/c20-16-4-1-14(2-5-16)7-8-23-9-11-24(12-10-23)19(25)15-3-6-17(21)18(22)13-15/h1-6,13H,7-12H2. The van der Waals surface area contributed by atoms with Gasteiger partial charge in [0.15, 0.2) is 0 Å². The van der Waals surface area contributed by atoms with Gasteiger partial charge in [0.05, 0.1) is 10.0 Å². The number of carbonyl (C=O) groups excluding carboxylic acids is 1. The van der Waals surface area contributed by atoms with Crippen molar-refractivity contribution in [2.75, 3.05) is 32.7 Å². The average Bonchev–Trinajstić information content (AvgIpc) is 2.63. The third kappa shape index (κ3) is 4.89. The maximum Gasteiger partial charge on any atom is 0.253 e. The fraction of sp³-hybridized carbons (Fsp3) is 0.316. The predicted octanol–water partition coefficient (Wildman–Crippen LogP) is 4.65. The van der Waals surface area contributed by atoms with Gasteiger partial charge in [-0.25, -0.2) is 0 Å². The van der Waals surface area contributed by atoms with Crippen LogP contribution in [0.2, 0.25) is 15.1 Å². The number of benzene rings is 2. The van der Waals surface area contributed by atoms with Gasteiger partial charge in [-0.05, 0) is 42.3 Å². The first-order chi connectivity index (χ1) is 12.0. The number of amides is 1. The quantitative estimate of drug-likeness (QED) is 0.750. The summed E-state index contributed by atoms with van der Waals surface area (Å²) in [7, 11) is 0. The van der Waals surface area contributed by atoms with Gasteiger partial charge in [0.1, 0.15) is 0 Å². The third-order valence-electron chi connectivity index (χ3n) is 4.46. The van der Waals surface area contributed by atoms with Gasteiger partial charge >= 0.3 is 0 Å². The number of rotatable bonds is 4. The van der Waals surface area contributed by atoms with Gasteiger partial charge in [-0.2, -0.15) is 0 Å². The molecule has 0 atom stereocenters. The Hall–Kier alpha value is -1.26. The maximum atomic E-state index is 12.6. The summed E-state index contributed by atoms with van der Waals surface area (Å²) in [6, 6.07) is 13.0. The number of nitrogens with zero attached hydrogens (tertiary/aromatic N) is 2. The number of hydrogen-bond acceptors (Lipinski definition) is 2. The van der Waals surface area contributed by atoms with Crippen molar-refractivity contribution in [2.24, 2.45) is 0 Å². The minimum atomic E-state index is 0.0101. The van der Waals surface area contributed by atoms with E-state index in [0.717, 1.165) is 44.2 Å². The molecule has 2 aromatic rings. The second-order valence-electron chi connectivity index (χ2n) is 6.14. The minimum Gasteiger partial charge on any atom is -0.336 e. The molecule has 0 unspecified atom stereocenters. The van der Waals surface area contributed by atoms with Crippen molar-refractivity contribution in [3.63, 3.8) is 0 Å². The van der Waals surface area contributed by atoms with Crippen LogP contribution in [-0.2, 0) is 6.42 Å². The fourth-order valence-corrected chi connectivity index (χ4v) is 3.35. The van der Waals surface area contributed by atoms with Crippen LogP contribution in [0.15, 0.2) is 42.5 Å². The van der Waals surface area contributed by atoms with Gasteiger partial charge in [0, 0.05) is 43.3 Å². The van der Waals surface area contributed by atoms with Crippen molar-refractivity contribution in [1.29, 1.82) is 0 Å². The monoisotopic (exact) mass is 396 g/mol. The summed E-state index contributed by atoms with van der Waals surface area (Å²) < 4.78 is 0. The smallest absolute Gasteiger partial charge is 0.253 e. The van der Waals surface area contributed by atoms with Crippen molar-refractivity contribution in [3.8, 4) is 0 Å². The number of piperazine rings is 1. The highest BCUT2D eigenvalue weighted by Gasteiger charge is 2.22. The van der Waals surface area contributed by atoms with Gasteiger partial charge in [-0.1, -0.05) is 46.9 Å². The zero-order valence-electron chi connectivity index (χ0n) is 13.7. The molecule has 0 radical (unpaired) electrons. The Morgan fingerprint density at radius 3 is 2.20 bits per heavy atom. The van der Waals surface area contributed by atoms with E-state index in [1.807, 2.05) is 17.0 Å². The normalized spacial score (nSPS) is 15.4. The van der Waals surface area contributed by atoms with E-state index in [2.05, 4.69) is 17.0 Å². The topological polar surface area (TPSA) is 23.6 Å². The van der Waals surface area contributed by atoms with Crippen molar-refractivity contribution >= 4 is 40.7 Å². The summed E-state index contributed by atoms with van der Waals surface area (Å²) in [4.78, 5) is 16.8. The molecule has 1 heterocycles. The summed E-state index contributed by atoms with van der Waals surface area (Å²) in [5, 5.41) is 1.64. The van der Waals surface area contributed by atoms with E-state index in [1.54, 1.807) is 18.2 Å². The van der Waals surface area contributed by atoms with Crippen LogP contribution in [0, 0.1) is 0 Å². The molecule has 0 aromatic heterocycles. The lowest BCUT2D eigenvalue weighted by atomic mass is 10.1. The molecule has 2 aromatic carbocycles. The van der Waals surface area contributed by atoms with E-state index >= 15 is 0 Å². The molecule has 0 aliphatic carbocycles. The Morgan fingerprint density at radius 1 is 0.880 bits per heavy atom. The SMILES string of the molecule is O=C(c1ccc(Cl)c(Cl)c1)N1CCN(CCc2ccc(Cl)cc2)CC1. The molecule has 1 saturated heterocycles. The fourth-order valence-electron chi connectivity index (χ4n) is 2.92. The summed E-state index contributed by atoms with van der Waals surface area (Å²) in [6.07, 6.45) is 0.984. The van der Waals surface area contributed by atoms with E-state index in [1.165, 1.54) is 5.56 Å². The zero-order valence-corrected chi connectivity index (χ0v) is 16.0. The Kier molecular flexibility index (Phi) is 6.24. The Morgan fingerprint density at radius 2 is 1.56 bits per heavy atom. The molecule has 0 spiro atoms. The maximum absolute atomic E-state index is 12.6. The molecule has 1 aliphatic rings. The summed E-state index contributed by atoms with van der Waals surface area (Å²) in [6.45, 7) is 4.18. The molecule has 1 aliphatic heterocycles. The Labute approximate surface area is 163 Å². The van der Waals surface area contributed by atoms with Crippen LogP contribution in [0.4, 0.5) is 0 Å². The first-order valence-corrected chi connectivity index (χ1v) is 9.37. The van der Waals surface area contributed by atoms with Crippen molar-refractivity contribution in [2.45, 2.75) is 6.42 Å². The summed E-state index contributed by atoms with van der Waals surface area (Å²) >= 11 is 17.8.